The molecule has 0 amide bonds. The van der Waals surface area contributed by atoms with Crippen molar-refractivity contribution in [1.82, 2.24) is 14.8 Å². The molecule has 0 saturated heterocycles. The van der Waals surface area contributed by atoms with Gasteiger partial charge in [0.25, 0.3) is 0 Å². The van der Waals surface area contributed by atoms with Gasteiger partial charge in [0.05, 0.1) is 29.7 Å². The van der Waals surface area contributed by atoms with Crippen LogP contribution in [0.15, 0.2) is 77.3 Å². The summed E-state index contributed by atoms with van der Waals surface area (Å²) in [5.74, 6) is 2.39. The summed E-state index contributed by atoms with van der Waals surface area (Å²) in [7, 11) is 0. The van der Waals surface area contributed by atoms with Crippen LogP contribution in [-0.4, -0.2) is 27.1 Å². The summed E-state index contributed by atoms with van der Waals surface area (Å²) < 4.78 is 7.94. The lowest BCUT2D eigenvalue weighted by molar-refractivity contribution is 0.344. The highest BCUT2D eigenvalue weighted by Crippen LogP contribution is 2.28. The molecule has 2 aromatic carbocycles. The Hall–Kier alpha value is -3.08. The fraction of sp³-hybridized carbons (Fsp3) is 0.136. The Kier molecular flexibility index (Phi) is 6.25. The maximum Gasteiger partial charge on any atom is 0.191 e. The zero-order chi connectivity index (χ0) is 19.9. The minimum Gasteiger partial charge on any atom is -0.493 e. The van der Waals surface area contributed by atoms with Crippen LogP contribution in [0.25, 0.3) is 10.7 Å². The molecule has 0 unspecified atom stereocenters. The standard InChI is InChI=1S/C22H18N4OS2/c23-15-17-8-10-19(11-9-17)27-12-14-29-22-25-24-21(20-7-4-13-28-20)26(22)16-18-5-2-1-3-6-18/h1-11,13H,12,14,16H2. The van der Waals surface area contributed by atoms with E-state index in [4.69, 9.17) is 10.00 Å². The number of thioether (sulfide) groups is 1. The van der Waals surface area contributed by atoms with E-state index in [-0.39, 0.29) is 0 Å². The average molecular weight is 419 g/mol. The Morgan fingerprint density at radius 3 is 2.55 bits per heavy atom. The van der Waals surface area contributed by atoms with Crippen LogP contribution in [0.5, 0.6) is 5.75 Å². The number of aromatic nitrogens is 3. The fourth-order valence-electron chi connectivity index (χ4n) is 2.81. The van der Waals surface area contributed by atoms with E-state index >= 15 is 0 Å². The lowest BCUT2D eigenvalue weighted by atomic mass is 10.2. The monoisotopic (exact) mass is 418 g/mol. The van der Waals surface area contributed by atoms with Gasteiger partial charge < -0.3 is 4.74 Å². The van der Waals surface area contributed by atoms with Gasteiger partial charge in [-0.25, -0.2) is 0 Å². The van der Waals surface area contributed by atoms with E-state index in [1.807, 2.05) is 36.4 Å². The SMILES string of the molecule is N#Cc1ccc(OCCSc2nnc(-c3cccs3)n2Cc2ccccc2)cc1. The first-order valence-corrected chi connectivity index (χ1v) is 11.0. The van der Waals surface area contributed by atoms with Crippen LogP contribution in [0.1, 0.15) is 11.1 Å². The molecule has 0 aliphatic carbocycles. The van der Waals surface area contributed by atoms with Gasteiger partial charge >= 0.3 is 0 Å². The van der Waals surface area contributed by atoms with Crippen LogP contribution in [0.3, 0.4) is 0 Å². The van der Waals surface area contributed by atoms with E-state index in [1.165, 1.54) is 5.56 Å². The van der Waals surface area contributed by atoms with Gasteiger partial charge in [-0.15, -0.1) is 21.5 Å². The predicted molar refractivity (Wildman–Crippen MR) is 116 cm³/mol. The molecule has 4 aromatic rings. The van der Waals surface area contributed by atoms with Crippen LogP contribution in [0, 0.1) is 11.3 Å². The van der Waals surface area contributed by atoms with E-state index in [0.29, 0.717) is 12.2 Å². The van der Waals surface area contributed by atoms with Gasteiger partial charge in [0.2, 0.25) is 0 Å². The summed E-state index contributed by atoms with van der Waals surface area (Å²) in [6, 6.07) is 23.7. The van der Waals surface area contributed by atoms with Crippen molar-refractivity contribution in [3.8, 4) is 22.5 Å². The average Bonchev–Trinajstić information content (AvgIpc) is 3.43. The topological polar surface area (TPSA) is 63.7 Å². The highest BCUT2D eigenvalue weighted by atomic mass is 32.2. The Labute approximate surface area is 177 Å². The van der Waals surface area contributed by atoms with Crippen LogP contribution >= 0.6 is 23.1 Å². The van der Waals surface area contributed by atoms with Crippen LogP contribution in [-0.2, 0) is 6.54 Å². The summed E-state index contributed by atoms with van der Waals surface area (Å²) in [6.07, 6.45) is 0. The zero-order valence-corrected chi connectivity index (χ0v) is 17.2. The van der Waals surface area contributed by atoms with Crippen LogP contribution in [0.4, 0.5) is 0 Å². The molecule has 0 saturated carbocycles. The number of thiophene rings is 1. The lowest BCUT2D eigenvalue weighted by Crippen LogP contribution is -2.05. The minimum atomic E-state index is 0.545. The molecule has 0 aliphatic rings. The van der Waals surface area contributed by atoms with E-state index in [1.54, 1.807) is 35.2 Å². The molecule has 0 N–H and O–H groups in total. The molecular formula is C22H18N4OS2. The second kappa shape index (κ2) is 9.41. The molecule has 2 aromatic heterocycles. The molecule has 7 heteroatoms. The second-order valence-electron chi connectivity index (χ2n) is 6.19. The van der Waals surface area contributed by atoms with E-state index in [2.05, 4.69) is 44.4 Å². The molecule has 4 rings (SSSR count). The quantitative estimate of drug-likeness (QED) is 0.294. The highest BCUT2D eigenvalue weighted by Gasteiger charge is 2.15. The van der Waals surface area contributed by atoms with Gasteiger partial charge in [-0.3, -0.25) is 4.57 Å². The van der Waals surface area contributed by atoms with Gasteiger partial charge in [-0.2, -0.15) is 5.26 Å². The minimum absolute atomic E-state index is 0.545. The third kappa shape index (κ3) is 4.86. The van der Waals surface area contributed by atoms with Gasteiger partial charge in [0.1, 0.15) is 5.75 Å². The number of nitriles is 1. The summed E-state index contributed by atoms with van der Waals surface area (Å²) >= 11 is 3.29. The summed E-state index contributed by atoms with van der Waals surface area (Å²) in [5.41, 5.74) is 1.84. The summed E-state index contributed by atoms with van der Waals surface area (Å²) in [6.45, 7) is 1.27. The Morgan fingerprint density at radius 1 is 1.00 bits per heavy atom. The molecule has 0 aliphatic heterocycles. The molecule has 0 radical (unpaired) electrons. The number of hydrogen-bond acceptors (Lipinski definition) is 6. The van der Waals surface area contributed by atoms with Crippen molar-refractivity contribution < 1.29 is 4.74 Å². The molecular weight excluding hydrogens is 400 g/mol. The van der Waals surface area contributed by atoms with E-state index < -0.39 is 0 Å². The molecule has 0 bridgehead atoms. The highest BCUT2D eigenvalue weighted by molar-refractivity contribution is 7.99. The number of hydrogen-bond donors (Lipinski definition) is 0. The molecule has 0 fully saturated rings. The molecule has 29 heavy (non-hydrogen) atoms. The van der Waals surface area contributed by atoms with Gasteiger partial charge in [0.15, 0.2) is 11.0 Å². The number of ether oxygens (including phenoxy) is 1. The first-order chi connectivity index (χ1) is 14.3. The maximum atomic E-state index is 8.86. The van der Waals surface area contributed by atoms with Crippen molar-refractivity contribution in [1.29, 1.82) is 5.26 Å². The van der Waals surface area contributed by atoms with Crippen molar-refractivity contribution in [2.24, 2.45) is 0 Å². The molecule has 5 nitrogen and oxygen atoms in total. The van der Waals surface area contributed by atoms with Crippen molar-refractivity contribution >= 4 is 23.1 Å². The Bertz CT molecular complexity index is 1080. The predicted octanol–water partition coefficient (Wildman–Crippen LogP) is 5.10. The molecule has 2 heterocycles. The smallest absolute Gasteiger partial charge is 0.191 e. The van der Waals surface area contributed by atoms with Gasteiger partial charge in [0, 0.05) is 5.75 Å². The lowest BCUT2D eigenvalue weighted by Gasteiger charge is -2.10. The largest absolute Gasteiger partial charge is 0.493 e. The molecule has 144 valence electrons. The maximum absolute atomic E-state index is 8.86. The zero-order valence-electron chi connectivity index (χ0n) is 15.6. The first-order valence-electron chi connectivity index (χ1n) is 9.10. The Balaban J connectivity index is 1.44. The third-order valence-corrected chi connectivity index (χ3v) is 6.01. The van der Waals surface area contributed by atoms with Gasteiger partial charge in [-0.1, -0.05) is 48.2 Å². The first kappa shape index (κ1) is 19.2. The number of nitrogens with zero attached hydrogens (tertiary/aromatic N) is 4. The van der Waals surface area contributed by atoms with Crippen molar-refractivity contribution in [2.75, 3.05) is 12.4 Å². The number of rotatable bonds is 8. The van der Waals surface area contributed by atoms with Gasteiger partial charge in [-0.05, 0) is 41.3 Å². The number of benzene rings is 2. The third-order valence-electron chi connectivity index (χ3n) is 4.21. The van der Waals surface area contributed by atoms with Crippen LogP contribution < -0.4 is 4.74 Å². The summed E-state index contributed by atoms with van der Waals surface area (Å²) in [5, 5.41) is 20.7. The normalized spacial score (nSPS) is 10.6. The second-order valence-corrected chi connectivity index (χ2v) is 8.20. The van der Waals surface area contributed by atoms with Crippen LogP contribution in [0.2, 0.25) is 0 Å². The van der Waals surface area contributed by atoms with Crippen molar-refractivity contribution in [3.05, 3.63) is 83.2 Å². The molecule has 0 atom stereocenters. The fourth-order valence-corrected chi connectivity index (χ4v) is 4.28. The molecule has 0 spiro atoms. The Morgan fingerprint density at radius 2 is 1.83 bits per heavy atom. The van der Waals surface area contributed by atoms with Crippen molar-refractivity contribution in [2.45, 2.75) is 11.7 Å². The van der Waals surface area contributed by atoms with Crippen molar-refractivity contribution in [3.63, 3.8) is 0 Å². The van der Waals surface area contributed by atoms with E-state index in [0.717, 1.165) is 33.9 Å². The summed E-state index contributed by atoms with van der Waals surface area (Å²) in [4.78, 5) is 1.11. The van der Waals surface area contributed by atoms with E-state index in [9.17, 15) is 0 Å².